The topological polar surface area (TPSA) is 100 Å². The molecule has 0 aliphatic carbocycles. The molecule has 1 aliphatic rings. The van der Waals surface area contributed by atoms with Gasteiger partial charge >= 0.3 is 0 Å². The Bertz CT molecular complexity index is 948. The first-order valence-electron chi connectivity index (χ1n) is 10.5. The summed E-state index contributed by atoms with van der Waals surface area (Å²) in [6.07, 6.45) is 0. The molecule has 32 heavy (non-hydrogen) atoms. The third-order valence-electron chi connectivity index (χ3n) is 5.21. The number of rotatable bonds is 8. The predicted octanol–water partition coefficient (Wildman–Crippen LogP) is 1.63. The van der Waals surface area contributed by atoms with Crippen molar-refractivity contribution in [3.63, 3.8) is 0 Å². The zero-order chi connectivity index (χ0) is 23.1. The van der Waals surface area contributed by atoms with E-state index in [1.54, 1.807) is 44.5 Å². The molecule has 0 atom stereocenters. The van der Waals surface area contributed by atoms with E-state index in [1.807, 2.05) is 16.8 Å². The molecule has 1 fully saturated rings. The number of methoxy groups -OCH3 is 1. The lowest BCUT2D eigenvalue weighted by Gasteiger charge is -2.28. The largest absolute Gasteiger partial charge is 0.383 e. The van der Waals surface area contributed by atoms with E-state index in [0.29, 0.717) is 62.6 Å². The minimum atomic E-state index is -0.356. The summed E-state index contributed by atoms with van der Waals surface area (Å²) in [6.45, 7) is 5.14. The zero-order valence-corrected chi connectivity index (χ0v) is 19.0. The number of hydrogen-bond donors (Lipinski definition) is 1. The average Bonchev–Trinajstić information content (AvgIpc) is 2.82. The Morgan fingerprint density at radius 3 is 2.62 bits per heavy atom. The Hall–Kier alpha value is -3.24. The van der Waals surface area contributed by atoms with Gasteiger partial charge in [0.2, 0.25) is 11.9 Å². The maximum absolute atomic E-state index is 13.1. The fraction of sp³-hybridized carbons (Fsp3) is 0.455. The summed E-state index contributed by atoms with van der Waals surface area (Å²) >= 11 is 0. The van der Waals surface area contributed by atoms with Crippen LogP contribution in [0, 0.1) is 0 Å². The second-order valence-corrected chi connectivity index (χ2v) is 7.51. The third-order valence-corrected chi connectivity index (χ3v) is 5.21. The van der Waals surface area contributed by atoms with Gasteiger partial charge in [-0.1, -0.05) is 6.07 Å². The molecule has 2 amide bonds. The van der Waals surface area contributed by atoms with Crippen molar-refractivity contribution in [2.45, 2.75) is 6.92 Å². The van der Waals surface area contributed by atoms with Crippen LogP contribution in [0.25, 0.3) is 0 Å². The van der Waals surface area contributed by atoms with Gasteiger partial charge in [0.1, 0.15) is 11.5 Å². The van der Waals surface area contributed by atoms with Gasteiger partial charge in [-0.15, -0.1) is 0 Å². The molecule has 1 aromatic heterocycles. The maximum atomic E-state index is 13.1. The van der Waals surface area contributed by atoms with E-state index in [-0.39, 0.29) is 17.5 Å². The van der Waals surface area contributed by atoms with Crippen LogP contribution >= 0.6 is 0 Å². The Morgan fingerprint density at radius 1 is 1.19 bits per heavy atom. The van der Waals surface area contributed by atoms with Gasteiger partial charge in [-0.3, -0.25) is 9.59 Å². The first-order valence-corrected chi connectivity index (χ1v) is 10.5. The summed E-state index contributed by atoms with van der Waals surface area (Å²) in [5, 5.41) is 2.88. The number of ether oxygens (including phenoxy) is 2. The summed E-state index contributed by atoms with van der Waals surface area (Å²) in [7, 11) is 5.22. The lowest BCUT2D eigenvalue weighted by molar-refractivity contribution is -0.116. The minimum absolute atomic E-state index is 0.0943. The molecule has 1 saturated heterocycles. The first kappa shape index (κ1) is 23.4. The zero-order valence-electron chi connectivity index (χ0n) is 19.0. The number of likely N-dealkylation sites (N-methyl/N-ethyl adjacent to an activating group) is 1. The molecule has 2 aromatic rings. The smallest absolute Gasteiger partial charge is 0.274 e. The van der Waals surface area contributed by atoms with Crippen LogP contribution < -0.4 is 20.0 Å². The highest BCUT2D eigenvalue weighted by molar-refractivity contribution is 6.04. The summed E-state index contributed by atoms with van der Waals surface area (Å²) < 4.78 is 10.6. The molecule has 1 aromatic carbocycles. The number of nitrogens with one attached hydrogen (secondary N) is 1. The van der Waals surface area contributed by atoms with Gasteiger partial charge in [0.05, 0.1) is 19.8 Å². The second-order valence-electron chi connectivity index (χ2n) is 7.51. The number of benzene rings is 1. The lowest BCUT2D eigenvalue weighted by Crippen LogP contribution is -2.38. The highest BCUT2D eigenvalue weighted by Gasteiger charge is 2.20. The van der Waals surface area contributed by atoms with Gasteiger partial charge in [0.15, 0.2) is 0 Å². The highest BCUT2D eigenvalue weighted by atomic mass is 16.5. The van der Waals surface area contributed by atoms with Crippen LogP contribution in [0.2, 0.25) is 0 Å². The van der Waals surface area contributed by atoms with E-state index in [0.717, 1.165) is 0 Å². The van der Waals surface area contributed by atoms with Gasteiger partial charge < -0.3 is 29.5 Å². The number of hydrogen-bond acceptors (Lipinski definition) is 8. The van der Waals surface area contributed by atoms with Crippen molar-refractivity contribution < 1.29 is 19.1 Å². The van der Waals surface area contributed by atoms with Crippen LogP contribution in [0.15, 0.2) is 30.3 Å². The first-order chi connectivity index (χ1) is 15.4. The fourth-order valence-corrected chi connectivity index (χ4v) is 3.15. The van der Waals surface area contributed by atoms with Gasteiger partial charge in [-0.25, -0.2) is 4.98 Å². The quantitative estimate of drug-likeness (QED) is 0.659. The molecule has 10 nitrogen and oxygen atoms in total. The Labute approximate surface area is 188 Å². The molecule has 0 spiro atoms. The standard InChI is InChI=1S/C22H30N6O4/c1-16(29)27(3)18-7-5-6-17(14-18)23-21(30)19-15-20(26(2)8-11-31-4)25-22(24-19)28-9-12-32-13-10-28/h5-7,14-15H,8-13H2,1-4H3,(H,23,30). The highest BCUT2D eigenvalue weighted by Crippen LogP contribution is 2.21. The molecule has 10 heteroatoms. The maximum Gasteiger partial charge on any atom is 0.274 e. The molecule has 1 aliphatic heterocycles. The number of aromatic nitrogens is 2. The molecule has 0 unspecified atom stereocenters. The second kappa shape index (κ2) is 10.9. The van der Waals surface area contributed by atoms with Crippen molar-refractivity contribution in [1.29, 1.82) is 0 Å². The van der Waals surface area contributed by atoms with Crippen LogP contribution in [0.3, 0.4) is 0 Å². The van der Waals surface area contributed by atoms with Crippen molar-refractivity contribution in [2.75, 3.05) is 80.7 Å². The van der Waals surface area contributed by atoms with Gasteiger partial charge in [0, 0.05) is 65.2 Å². The van der Waals surface area contributed by atoms with Crippen molar-refractivity contribution in [3.05, 3.63) is 36.0 Å². The van der Waals surface area contributed by atoms with Crippen molar-refractivity contribution in [2.24, 2.45) is 0 Å². The van der Waals surface area contributed by atoms with E-state index < -0.39 is 0 Å². The van der Waals surface area contributed by atoms with Gasteiger partial charge in [0.25, 0.3) is 5.91 Å². The molecule has 0 bridgehead atoms. The molecular weight excluding hydrogens is 412 g/mol. The van der Waals surface area contributed by atoms with E-state index in [4.69, 9.17) is 9.47 Å². The van der Waals surface area contributed by atoms with Crippen molar-refractivity contribution in [3.8, 4) is 0 Å². The Morgan fingerprint density at radius 2 is 1.94 bits per heavy atom. The summed E-state index contributed by atoms with van der Waals surface area (Å²) in [4.78, 5) is 39.4. The monoisotopic (exact) mass is 442 g/mol. The average molecular weight is 443 g/mol. The van der Waals surface area contributed by atoms with Crippen LogP contribution in [0.5, 0.6) is 0 Å². The molecule has 0 saturated carbocycles. The molecule has 1 N–H and O–H groups in total. The number of morpholine rings is 1. The van der Waals surface area contributed by atoms with Crippen LogP contribution in [0.4, 0.5) is 23.1 Å². The van der Waals surface area contributed by atoms with Crippen molar-refractivity contribution in [1.82, 2.24) is 9.97 Å². The molecular formula is C22H30N6O4. The van der Waals surface area contributed by atoms with Crippen molar-refractivity contribution >= 4 is 35.0 Å². The van der Waals surface area contributed by atoms with Crippen LogP contribution in [-0.4, -0.2) is 82.4 Å². The Kier molecular flexibility index (Phi) is 7.96. The summed E-state index contributed by atoms with van der Waals surface area (Å²) in [5.41, 5.74) is 1.51. The number of amides is 2. The third kappa shape index (κ3) is 5.92. The van der Waals surface area contributed by atoms with Gasteiger partial charge in [-0.2, -0.15) is 4.98 Å². The molecule has 2 heterocycles. The fourth-order valence-electron chi connectivity index (χ4n) is 3.15. The lowest BCUT2D eigenvalue weighted by atomic mass is 10.2. The van der Waals surface area contributed by atoms with E-state index in [9.17, 15) is 9.59 Å². The minimum Gasteiger partial charge on any atom is -0.383 e. The normalized spacial score (nSPS) is 13.6. The van der Waals surface area contributed by atoms with Crippen LogP contribution in [0.1, 0.15) is 17.4 Å². The molecule has 172 valence electrons. The van der Waals surface area contributed by atoms with E-state index in [2.05, 4.69) is 15.3 Å². The summed E-state index contributed by atoms with van der Waals surface area (Å²) in [6, 6.07) is 8.77. The SMILES string of the molecule is COCCN(C)c1cc(C(=O)Nc2cccc(N(C)C(C)=O)c2)nc(N2CCOCC2)n1. The Balaban J connectivity index is 1.87. The molecule has 0 radical (unpaired) electrons. The number of carbonyl (C=O) groups excluding carboxylic acids is 2. The van der Waals surface area contributed by atoms with E-state index >= 15 is 0 Å². The number of anilines is 4. The number of nitrogens with zero attached hydrogens (tertiary/aromatic N) is 5. The van der Waals surface area contributed by atoms with Gasteiger partial charge in [-0.05, 0) is 18.2 Å². The van der Waals surface area contributed by atoms with Crippen LogP contribution in [-0.2, 0) is 14.3 Å². The predicted molar refractivity (Wildman–Crippen MR) is 124 cm³/mol. The van der Waals surface area contributed by atoms with E-state index in [1.165, 1.54) is 11.8 Å². The summed E-state index contributed by atoms with van der Waals surface area (Å²) in [5.74, 6) is 0.674. The number of carbonyl (C=O) groups is 2. The molecule has 3 rings (SSSR count).